The van der Waals surface area contributed by atoms with Crippen LogP contribution < -0.4 is 10.6 Å². The van der Waals surface area contributed by atoms with Crippen molar-refractivity contribution in [3.05, 3.63) is 35.4 Å². The second-order valence-corrected chi connectivity index (χ2v) is 7.65. The summed E-state index contributed by atoms with van der Waals surface area (Å²) in [5.41, 5.74) is 2.09. The zero-order valence-electron chi connectivity index (χ0n) is 10.7. The summed E-state index contributed by atoms with van der Waals surface area (Å²) in [6.45, 7) is 2.83. The van der Waals surface area contributed by atoms with Crippen LogP contribution in [0.15, 0.2) is 24.3 Å². The van der Waals surface area contributed by atoms with Gasteiger partial charge >= 0.3 is 0 Å². The summed E-state index contributed by atoms with van der Waals surface area (Å²) in [6.07, 6.45) is 0. The maximum absolute atomic E-state index is 12.0. The quantitative estimate of drug-likeness (QED) is 0.892. The minimum Gasteiger partial charge on any atom is -0.352 e. The Morgan fingerprint density at radius 3 is 2.47 bits per heavy atom. The van der Waals surface area contributed by atoms with Crippen molar-refractivity contribution in [2.24, 2.45) is 5.92 Å². The van der Waals surface area contributed by atoms with Crippen LogP contribution in [0.4, 0.5) is 0 Å². The monoisotopic (exact) mass is 294 g/mol. The molecule has 1 aromatic rings. The lowest BCUT2D eigenvalue weighted by molar-refractivity contribution is 0.0942. The minimum atomic E-state index is 0.0465. The molecule has 5 heteroatoms. The standard InChI is InChI=1S/C14H18N2OS2/c17-13(16-9-10-7-15-8-10)11-1-3-12(4-2-11)14-18-5-6-19-14/h1-4,10,14-15H,5-9H2,(H,16,17). The van der Waals surface area contributed by atoms with Gasteiger partial charge in [-0.2, -0.15) is 0 Å². The molecule has 19 heavy (non-hydrogen) atoms. The molecule has 2 saturated heterocycles. The third kappa shape index (κ3) is 3.27. The molecule has 2 aliphatic rings. The van der Waals surface area contributed by atoms with Gasteiger partial charge in [0.2, 0.25) is 0 Å². The van der Waals surface area contributed by atoms with Gasteiger partial charge in [0.15, 0.2) is 0 Å². The van der Waals surface area contributed by atoms with Crippen LogP contribution in [0.2, 0.25) is 0 Å². The van der Waals surface area contributed by atoms with Crippen molar-refractivity contribution in [2.45, 2.75) is 4.58 Å². The molecule has 0 aliphatic carbocycles. The molecule has 0 saturated carbocycles. The first-order valence-electron chi connectivity index (χ1n) is 6.65. The maximum Gasteiger partial charge on any atom is 0.251 e. The molecule has 2 fully saturated rings. The third-order valence-electron chi connectivity index (χ3n) is 3.48. The van der Waals surface area contributed by atoms with E-state index < -0.39 is 0 Å². The van der Waals surface area contributed by atoms with Gasteiger partial charge in [-0.15, -0.1) is 23.5 Å². The normalized spacial score (nSPS) is 20.2. The fourth-order valence-electron chi connectivity index (χ4n) is 2.17. The van der Waals surface area contributed by atoms with Gasteiger partial charge in [0.25, 0.3) is 5.91 Å². The Morgan fingerprint density at radius 2 is 1.89 bits per heavy atom. The van der Waals surface area contributed by atoms with E-state index in [-0.39, 0.29) is 5.91 Å². The van der Waals surface area contributed by atoms with Crippen molar-refractivity contribution >= 4 is 29.4 Å². The molecule has 0 atom stereocenters. The van der Waals surface area contributed by atoms with E-state index in [2.05, 4.69) is 22.8 Å². The van der Waals surface area contributed by atoms with E-state index in [4.69, 9.17) is 0 Å². The molecule has 2 N–H and O–H groups in total. The zero-order valence-corrected chi connectivity index (χ0v) is 12.4. The highest BCUT2D eigenvalue weighted by atomic mass is 32.2. The second kappa shape index (κ2) is 6.20. The van der Waals surface area contributed by atoms with Gasteiger partial charge in [0, 0.05) is 42.6 Å². The van der Waals surface area contributed by atoms with Crippen molar-refractivity contribution < 1.29 is 4.79 Å². The molecule has 102 valence electrons. The molecule has 0 aromatic heterocycles. The summed E-state index contributed by atoms with van der Waals surface area (Å²) in [5, 5.41) is 6.21. The number of carbonyl (C=O) groups excluding carboxylic acids is 1. The minimum absolute atomic E-state index is 0.0465. The maximum atomic E-state index is 12.0. The molecule has 2 heterocycles. The fraction of sp³-hybridized carbons (Fsp3) is 0.500. The first kappa shape index (κ1) is 13.3. The van der Waals surface area contributed by atoms with Crippen LogP contribution in [-0.4, -0.2) is 37.0 Å². The first-order chi connectivity index (χ1) is 9.33. The molecule has 2 aliphatic heterocycles. The van der Waals surface area contributed by atoms with Crippen LogP contribution >= 0.6 is 23.5 Å². The topological polar surface area (TPSA) is 41.1 Å². The molecule has 0 spiro atoms. The number of hydrogen-bond acceptors (Lipinski definition) is 4. The second-order valence-electron chi connectivity index (χ2n) is 4.93. The Labute approximate surface area is 122 Å². The lowest BCUT2D eigenvalue weighted by Gasteiger charge is -2.27. The average molecular weight is 294 g/mol. The number of carbonyl (C=O) groups is 1. The van der Waals surface area contributed by atoms with Crippen LogP contribution in [-0.2, 0) is 0 Å². The summed E-state index contributed by atoms with van der Waals surface area (Å²) in [6, 6.07) is 8.08. The smallest absolute Gasteiger partial charge is 0.251 e. The SMILES string of the molecule is O=C(NCC1CNC1)c1ccc(C2SCCS2)cc1. The van der Waals surface area contributed by atoms with Gasteiger partial charge in [0.05, 0.1) is 4.58 Å². The Balaban J connectivity index is 1.56. The van der Waals surface area contributed by atoms with Gasteiger partial charge in [-0.25, -0.2) is 0 Å². The number of benzene rings is 1. The highest BCUT2D eigenvalue weighted by molar-refractivity contribution is 8.19. The lowest BCUT2D eigenvalue weighted by Crippen LogP contribution is -2.48. The molecule has 1 amide bonds. The average Bonchev–Trinajstić information content (AvgIpc) is 2.91. The largest absolute Gasteiger partial charge is 0.352 e. The summed E-state index contributed by atoms with van der Waals surface area (Å²) < 4.78 is 0.554. The summed E-state index contributed by atoms with van der Waals surface area (Å²) in [4.78, 5) is 12.0. The number of nitrogens with one attached hydrogen (secondary N) is 2. The van der Waals surface area contributed by atoms with E-state index in [1.54, 1.807) is 0 Å². The van der Waals surface area contributed by atoms with E-state index in [0.717, 1.165) is 25.2 Å². The fourth-order valence-corrected chi connectivity index (χ4v) is 5.03. The highest BCUT2D eigenvalue weighted by Crippen LogP contribution is 2.45. The molecule has 0 unspecified atom stereocenters. The van der Waals surface area contributed by atoms with Gasteiger partial charge in [0.1, 0.15) is 0 Å². The van der Waals surface area contributed by atoms with Crippen molar-refractivity contribution in [3.63, 3.8) is 0 Å². The number of thioether (sulfide) groups is 2. The van der Waals surface area contributed by atoms with E-state index in [9.17, 15) is 4.79 Å². The van der Waals surface area contributed by atoms with Crippen molar-refractivity contribution in [3.8, 4) is 0 Å². The molecular weight excluding hydrogens is 276 g/mol. The van der Waals surface area contributed by atoms with Crippen molar-refractivity contribution in [1.29, 1.82) is 0 Å². The van der Waals surface area contributed by atoms with E-state index in [0.29, 0.717) is 10.5 Å². The summed E-state index contributed by atoms with van der Waals surface area (Å²) in [7, 11) is 0. The Bertz CT molecular complexity index is 439. The number of hydrogen-bond donors (Lipinski definition) is 2. The van der Waals surface area contributed by atoms with E-state index in [1.807, 2.05) is 35.7 Å². The van der Waals surface area contributed by atoms with Crippen LogP contribution in [0.5, 0.6) is 0 Å². The Hall–Kier alpha value is -0.650. The molecule has 1 aromatic carbocycles. The molecular formula is C14H18N2OS2. The highest BCUT2D eigenvalue weighted by Gasteiger charge is 2.19. The van der Waals surface area contributed by atoms with Crippen LogP contribution in [0.25, 0.3) is 0 Å². The van der Waals surface area contributed by atoms with Crippen LogP contribution in [0, 0.1) is 5.92 Å². The van der Waals surface area contributed by atoms with Gasteiger partial charge in [-0.3, -0.25) is 4.79 Å². The molecule has 3 rings (SSSR count). The van der Waals surface area contributed by atoms with Crippen molar-refractivity contribution in [2.75, 3.05) is 31.1 Å². The van der Waals surface area contributed by atoms with Gasteiger partial charge < -0.3 is 10.6 Å². The Kier molecular flexibility index (Phi) is 4.35. The predicted molar refractivity (Wildman–Crippen MR) is 82.8 cm³/mol. The van der Waals surface area contributed by atoms with E-state index in [1.165, 1.54) is 17.1 Å². The third-order valence-corrected chi connectivity index (χ3v) is 6.59. The van der Waals surface area contributed by atoms with Gasteiger partial charge in [-0.1, -0.05) is 12.1 Å². The van der Waals surface area contributed by atoms with E-state index >= 15 is 0 Å². The van der Waals surface area contributed by atoms with Crippen LogP contribution in [0.1, 0.15) is 20.5 Å². The van der Waals surface area contributed by atoms with Crippen molar-refractivity contribution in [1.82, 2.24) is 10.6 Å². The lowest BCUT2D eigenvalue weighted by atomic mass is 10.0. The summed E-state index contributed by atoms with van der Waals surface area (Å²) in [5.74, 6) is 3.11. The van der Waals surface area contributed by atoms with Crippen LogP contribution in [0.3, 0.4) is 0 Å². The first-order valence-corrected chi connectivity index (χ1v) is 8.75. The molecule has 0 radical (unpaired) electrons. The Morgan fingerprint density at radius 1 is 1.21 bits per heavy atom. The number of amides is 1. The predicted octanol–water partition coefficient (Wildman–Crippen LogP) is 2.11. The zero-order chi connectivity index (χ0) is 13.1. The summed E-state index contributed by atoms with van der Waals surface area (Å²) >= 11 is 3.98. The molecule has 3 nitrogen and oxygen atoms in total. The number of rotatable bonds is 4. The molecule has 0 bridgehead atoms. The van der Waals surface area contributed by atoms with Gasteiger partial charge in [-0.05, 0) is 17.7 Å².